The van der Waals surface area contributed by atoms with E-state index in [9.17, 15) is 8.78 Å². The zero-order valence-corrected chi connectivity index (χ0v) is 13.5. The minimum Gasteiger partial charge on any atom is -0.310 e. The van der Waals surface area contributed by atoms with E-state index in [-0.39, 0.29) is 6.04 Å². The van der Waals surface area contributed by atoms with Gasteiger partial charge in [-0.3, -0.25) is 0 Å². The number of rotatable bonds is 10. The molecule has 0 saturated heterocycles. The van der Waals surface area contributed by atoms with Crippen LogP contribution >= 0.6 is 0 Å². The Balaban J connectivity index is 2.59. The summed E-state index contributed by atoms with van der Waals surface area (Å²) in [6.45, 7) is 6.83. The third kappa shape index (κ3) is 6.10. The molecule has 21 heavy (non-hydrogen) atoms. The zero-order chi connectivity index (χ0) is 15.7. The summed E-state index contributed by atoms with van der Waals surface area (Å²) < 4.78 is 27.3. The van der Waals surface area contributed by atoms with Gasteiger partial charge in [0.05, 0.1) is 0 Å². The van der Waals surface area contributed by atoms with E-state index in [2.05, 4.69) is 24.2 Å². The summed E-state index contributed by atoms with van der Waals surface area (Å²) in [5.74, 6) is -1.50. The van der Waals surface area contributed by atoms with E-state index in [4.69, 9.17) is 0 Å². The molecule has 120 valence electrons. The average molecular weight is 298 g/mol. The molecule has 0 aromatic heterocycles. The quantitative estimate of drug-likeness (QED) is 0.653. The lowest BCUT2D eigenvalue weighted by molar-refractivity contribution is 0.299. The van der Waals surface area contributed by atoms with Crippen molar-refractivity contribution in [3.8, 4) is 0 Å². The van der Waals surface area contributed by atoms with Crippen LogP contribution in [-0.4, -0.2) is 31.6 Å². The Labute approximate surface area is 127 Å². The van der Waals surface area contributed by atoms with Crippen molar-refractivity contribution in [2.45, 2.75) is 45.6 Å². The Hall–Kier alpha value is -1.00. The van der Waals surface area contributed by atoms with Crippen LogP contribution < -0.4 is 5.32 Å². The Bertz CT molecular complexity index is 410. The first-order chi connectivity index (χ1) is 10.1. The van der Waals surface area contributed by atoms with Gasteiger partial charge in [-0.2, -0.15) is 0 Å². The minimum atomic E-state index is -0.772. The molecule has 0 aliphatic carbocycles. The summed E-state index contributed by atoms with van der Waals surface area (Å²) in [4.78, 5) is 2.26. The molecule has 0 fully saturated rings. The van der Waals surface area contributed by atoms with Crippen molar-refractivity contribution < 1.29 is 8.78 Å². The fourth-order valence-electron chi connectivity index (χ4n) is 2.50. The molecule has 0 spiro atoms. The number of nitrogens with zero attached hydrogens (tertiary/aromatic N) is 1. The molecule has 1 rings (SSSR count). The number of nitrogens with one attached hydrogen (secondary N) is 1. The number of benzene rings is 1. The molecule has 1 atom stereocenters. The highest BCUT2D eigenvalue weighted by atomic mass is 19.2. The normalized spacial score (nSPS) is 12.9. The second-order valence-corrected chi connectivity index (χ2v) is 5.55. The predicted octanol–water partition coefficient (Wildman–Crippen LogP) is 4.13. The molecule has 1 aromatic rings. The molecule has 2 nitrogen and oxygen atoms in total. The van der Waals surface area contributed by atoms with Gasteiger partial charge in [0.25, 0.3) is 0 Å². The van der Waals surface area contributed by atoms with Crippen LogP contribution in [0.1, 0.15) is 51.1 Å². The highest BCUT2D eigenvalue weighted by Gasteiger charge is 2.17. The first-order valence-electron chi connectivity index (χ1n) is 7.96. The molecule has 0 aliphatic heterocycles. The van der Waals surface area contributed by atoms with Gasteiger partial charge in [-0.15, -0.1) is 0 Å². The molecule has 0 radical (unpaired) electrons. The van der Waals surface area contributed by atoms with Crippen molar-refractivity contribution in [2.75, 3.05) is 26.7 Å². The molecule has 1 N–H and O–H groups in total. The Morgan fingerprint density at radius 3 is 2.57 bits per heavy atom. The summed E-state index contributed by atoms with van der Waals surface area (Å²) >= 11 is 0. The maximum atomic E-state index is 13.9. The summed E-state index contributed by atoms with van der Waals surface area (Å²) in [5, 5.41) is 3.26. The molecular formula is C17H28F2N2. The molecule has 1 unspecified atom stereocenters. The molecule has 0 amide bonds. The number of hydrogen-bond acceptors (Lipinski definition) is 2. The van der Waals surface area contributed by atoms with Gasteiger partial charge >= 0.3 is 0 Å². The van der Waals surface area contributed by atoms with Crippen LogP contribution in [0.25, 0.3) is 0 Å². The van der Waals surface area contributed by atoms with Crippen molar-refractivity contribution in [2.24, 2.45) is 0 Å². The second kappa shape index (κ2) is 9.85. The second-order valence-electron chi connectivity index (χ2n) is 5.55. The Morgan fingerprint density at radius 2 is 1.90 bits per heavy atom. The first-order valence-corrected chi connectivity index (χ1v) is 7.96. The Morgan fingerprint density at radius 1 is 1.14 bits per heavy atom. The van der Waals surface area contributed by atoms with Crippen LogP contribution in [0.15, 0.2) is 18.2 Å². The van der Waals surface area contributed by atoms with Gasteiger partial charge in [0.2, 0.25) is 0 Å². The van der Waals surface area contributed by atoms with E-state index in [0.717, 1.165) is 26.1 Å². The fourth-order valence-corrected chi connectivity index (χ4v) is 2.50. The van der Waals surface area contributed by atoms with E-state index >= 15 is 0 Å². The number of halogens is 2. The van der Waals surface area contributed by atoms with E-state index < -0.39 is 11.6 Å². The Kier molecular flexibility index (Phi) is 8.47. The van der Waals surface area contributed by atoms with Crippen molar-refractivity contribution in [3.63, 3.8) is 0 Å². The van der Waals surface area contributed by atoms with Crippen LogP contribution in [0, 0.1) is 11.6 Å². The number of unbranched alkanes of at least 4 members (excludes halogenated alkanes) is 2. The lowest BCUT2D eigenvalue weighted by atomic mass is 10.0. The standard InChI is InChI=1S/C17H28F2N2/c1-4-6-7-12-21(3)13-11-16(20-5-2)14-9-8-10-15(18)17(14)19/h8-10,16,20H,4-7,11-13H2,1-3H3. The molecule has 0 saturated carbocycles. The van der Waals surface area contributed by atoms with Gasteiger partial charge in [0.15, 0.2) is 11.6 Å². The summed E-state index contributed by atoms with van der Waals surface area (Å²) in [6.07, 6.45) is 4.41. The van der Waals surface area contributed by atoms with E-state index in [1.165, 1.54) is 25.3 Å². The van der Waals surface area contributed by atoms with Gasteiger partial charge in [0.1, 0.15) is 0 Å². The number of hydrogen-bond donors (Lipinski definition) is 1. The van der Waals surface area contributed by atoms with E-state index in [1.807, 2.05) is 6.92 Å². The van der Waals surface area contributed by atoms with Gasteiger partial charge in [-0.1, -0.05) is 38.8 Å². The van der Waals surface area contributed by atoms with Crippen LogP contribution in [0.4, 0.5) is 8.78 Å². The van der Waals surface area contributed by atoms with E-state index in [1.54, 1.807) is 12.1 Å². The van der Waals surface area contributed by atoms with Crippen LogP contribution in [0.2, 0.25) is 0 Å². The first kappa shape index (κ1) is 18.1. The van der Waals surface area contributed by atoms with Gasteiger partial charge < -0.3 is 10.2 Å². The van der Waals surface area contributed by atoms with Gasteiger partial charge in [-0.25, -0.2) is 8.78 Å². The topological polar surface area (TPSA) is 15.3 Å². The largest absolute Gasteiger partial charge is 0.310 e. The smallest absolute Gasteiger partial charge is 0.163 e. The van der Waals surface area contributed by atoms with Crippen LogP contribution in [-0.2, 0) is 0 Å². The van der Waals surface area contributed by atoms with Crippen LogP contribution in [0.5, 0.6) is 0 Å². The summed E-state index contributed by atoms with van der Waals surface area (Å²) in [6, 6.07) is 4.27. The van der Waals surface area contributed by atoms with Crippen molar-refractivity contribution >= 4 is 0 Å². The van der Waals surface area contributed by atoms with Gasteiger partial charge in [0, 0.05) is 11.6 Å². The third-order valence-electron chi connectivity index (χ3n) is 3.75. The van der Waals surface area contributed by atoms with E-state index in [0.29, 0.717) is 5.56 Å². The molecular weight excluding hydrogens is 270 g/mol. The molecule has 0 aliphatic rings. The minimum absolute atomic E-state index is 0.140. The molecule has 0 bridgehead atoms. The predicted molar refractivity (Wildman–Crippen MR) is 84.4 cm³/mol. The maximum Gasteiger partial charge on any atom is 0.163 e. The fraction of sp³-hybridized carbons (Fsp3) is 0.647. The molecule has 1 aromatic carbocycles. The van der Waals surface area contributed by atoms with Crippen molar-refractivity contribution in [1.82, 2.24) is 10.2 Å². The lowest BCUT2D eigenvalue weighted by Gasteiger charge is -2.23. The SMILES string of the molecule is CCCCCN(C)CCC(NCC)c1cccc(F)c1F. The highest BCUT2D eigenvalue weighted by Crippen LogP contribution is 2.22. The third-order valence-corrected chi connectivity index (χ3v) is 3.75. The summed E-state index contributed by atoms with van der Waals surface area (Å²) in [5.41, 5.74) is 0.429. The van der Waals surface area contributed by atoms with Crippen molar-refractivity contribution in [3.05, 3.63) is 35.4 Å². The summed E-state index contributed by atoms with van der Waals surface area (Å²) in [7, 11) is 2.08. The highest BCUT2D eigenvalue weighted by molar-refractivity contribution is 5.22. The monoisotopic (exact) mass is 298 g/mol. The average Bonchev–Trinajstić information content (AvgIpc) is 2.47. The zero-order valence-electron chi connectivity index (χ0n) is 13.5. The molecule has 4 heteroatoms. The van der Waals surface area contributed by atoms with Crippen molar-refractivity contribution in [1.29, 1.82) is 0 Å². The van der Waals surface area contributed by atoms with Gasteiger partial charge in [-0.05, 0) is 45.6 Å². The molecule has 0 heterocycles. The maximum absolute atomic E-state index is 13.9. The lowest BCUT2D eigenvalue weighted by Crippen LogP contribution is -2.28. The van der Waals surface area contributed by atoms with Crippen LogP contribution in [0.3, 0.4) is 0 Å².